The second-order valence-corrected chi connectivity index (χ2v) is 7.15. The molecule has 118 valence electrons. The molecule has 1 aliphatic carbocycles. The molecule has 22 heavy (non-hydrogen) atoms. The third-order valence-electron chi connectivity index (χ3n) is 3.28. The average Bonchev–Trinajstić information content (AvgIpc) is 3.24. The van der Waals surface area contributed by atoms with E-state index in [0.717, 1.165) is 41.1 Å². The zero-order valence-corrected chi connectivity index (χ0v) is 14.7. The first kappa shape index (κ1) is 15.4. The topological polar surface area (TPSA) is 84.7 Å². The van der Waals surface area contributed by atoms with Gasteiger partial charge in [-0.2, -0.15) is 14.2 Å². The van der Waals surface area contributed by atoms with Gasteiger partial charge in [-0.1, -0.05) is 0 Å². The summed E-state index contributed by atoms with van der Waals surface area (Å²) in [4.78, 5) is 8.71. The van der Waals surface area contributed by atoms with Crippen LogP contribution in [0.5, 0.6) is 0 Å². The van der Waals surface area contributed by atoms with E-state index in [1.165, 1.54) is 4.09 Å². The van der Waals surface area contributed by atoms with Crippen LogP contribution in [-0.4, -0.2) is 36.2 Å². The maximum absolute atomic E-state index is 11.6. The lowest BCUT2D eigenvalue weighted by Gasteiger charge is -2.08. The van der Waals surface area contributed by atoms with Gasteiger partial charge in [0.05, 0.1) is 22.1 Å². The summed E-state index contributed by atoms with van der Waals surface area (Å²) in [6.07, 6.45) is 7.29. The minimum absolute atomic E-state index is 0.441. The molecule has 0 amide bonds. The highest BCUT2D eigenvalue weighted by molar-refractivity contribution is 9.10. The molecule has 0 aliphatic heterocycles. The highest BCUT2D eigenvalue weighted by atomic mass is 79.9. The Bertz CT molecular complexity index is 715. The lowest BCUT2D eigenvalue weighted by molar-refractivity contribution is 0.674. The van der Waals surface area contributed by atoms with Crippen molar-refractivity contribution in [2.45, 2.75) is 25.7 Å². The van der Waals surface area contributed by atoms with Crippen LogP contribution in [-0.2, 0) is 11.0 Å². The molecule has 1 fully saturated rings. The SMILES string of the molecule is CCNc1nc(Nc2cn(S(C)=O)nc2C2CC2)ncc1Br. The smallest absolute Gasteiger partial charge is 0.229 e. The van der Waals surface area contributed by atoms with Gasteiger partial charge in [0.15, 0.2) is 0 Å². The minimum atomic E-state index is -1.17. The van der Waals surface area contributed by atoms with Gasteiger partial charge in [0.1, 0.15) is 16.8 Å². The summed E-state index contributed by atoms with van der Waals surface area (Å²) in [5.74, 6) is 1.66. The number of halogens is 1. The Labute approximate surface area is 139 Å². The van der Waals surface area contributed by atoms with Gasteiger partial charge in [-0.05, 0) is 35.7 Å². The van der Waals surface area contributed by atoms with Crippen LogP contribution < -0.4 is 10.6 Å². The largest absolute Gasteiger partial charge is 0.369 e. The van der Waals surface area contributed by atoms with Crippen molar-refractivity contribution < 1.29 is 4.21 Å². The van der Waals surface area contributed by atoms with E-state index in [0.29, 0.717) is 11.9 Å². The van der Waals surface area contributed by atoms with E-state index in [1.54, 1.807) is 18.6 Å². The summed E-state index contributed by atoms with van der Waals surface area (Å²) in [6.45, 7) is 2.78. The number of hydrogen-bond donors (Lipinski definition) is 2. The maximum atomic E-state index is 11.6. The fourth-order valence-corrected chi connectivity index (χ4v) is 2.88. The van der Waals surface area contributed by atoms with Crippen molar-refractivity contribution in [3.05, 3.63) is 22.6 Å². The fourth-order valence-electron chi connectivity index (χ4n) is 2.09. The van der Waals surface area contributed by atoms with Crippen molar-refractivity contribution in [2.24, 2.45) is 0 Å². The second kappa shape index (κ2) is 6.33. The lowest BCUT2D eigenvalue weighted by Crippen LogP contribution is -2.04. The quantitative estimate of drug-likeness (QED) is 0.795. The highest BCUT2D eigenvalue weighted by Gasteiger charge is 2.30. The van der Waals surface area contributed by atoms with Crippen LogP contribution in [0, 0.1) is 0 Å². The van der Waals surface area contributed by atoms with Crippen LogP contribution in [0.4, 0.5) is 17.5 Å². The Kier molecular flexibility index (Phi) is 4.44. The summed E-state index contributed by atoms with van der Waals surface area (Å²) >= 11 is 3.42. The van der Waals surface area contributed by atoms with Gasteiger partial charge in [0, 0.05) is 24.9 Å². The summed E-state index contributed by atoms with van der Waals surface area (Å²) < 4.78 is 13.9. The lowest BCUT2D eigenvalue weighted by atomic mass is 10.2. The molecule has 9 heteroatoms. The normalized spacial score (nSPS) is 15.6. The van der Waals surface area contributed by atoms with Crippen LogP contribution in [0.25, 0.3) is 0 Å². The molecular weight excluding hydrogens is 368 g/mol. The van der Waals surface area contributed by atoms with Crippen molar-refractivity contribution >= 4 is 44.4 Å². The predicted octanol–water partition coefficient (Wildman–Crippen LogP) is 2.63. The van der Waals surface area contributed by atoms with Crippen molar-refractivity contribution in [2.75, 3.05) is 23.4 Å². The van der Waals surface area contributed by atoms with Gasteiger partial charge in [-0.25, -0.2) is 9.19 Å². The average molecular weight is 385 g/mol. The second-order valence-electron chi connectivity index (χ2n) is 5.07. The molecule has 1 aliphatic rings. The molecule has 2 aromatic heterocycles. The highest BCUT2D eigenvalue weighted by Crippen LogP contribution is 2.43. The number of nitrogens with one attached hydrogen (secondary N) is 2. The van der Waals surface area contributed by atoms with E-state index in [9.17, 15) is 4.21 Å². The Hall–Kier alpha value is -1.48. The molecule has 1 atom stereocenters. The molecule has 0 aromatic carbocycles. The first-order chi connectivity index (χ1) is 10.6. The van der Waals surface area contributed by atoms with E-state index in [4.69, 9.17) is 0 Å². The zero-order chi connectivity index (χ0) is 15.7. The molecule has 7 nitrogen and oxygen atoms in total. The molecule has 2 N–H and O–H groups in total. The molecule has 0 radical (unpaired) electrons. The molecule has 0 spiro atoms. The third kappa shape index (κ3) is 3.30. The van der Waals surface area contributed by atoms with Crippen molar-refractivity contribution in [3.8, 4) is 0 Å². The van der Waals surface area contributed by atoms with Crippen LogP contribution >= 0.6 is 15.9 Å². The van der Waals surface area contributed by atoms with Crippen LogP contribution in [0.3, 0.4) is 0 Å². The van der Waals surface area contributed by atoms with Gasteiger partial charge in [0.25, 0.3) is 0 Å². The predicted molar refractivity (Wildman–Crippen MR) is 90.8 cm³/mol. The van der Waals surface area contributed by atoms with Gasteiger partial charge in [0.2, 0.25) is 5.95 Å². The van der Waals surface area contributed by atoms with Crippen molar-refractivity contribution in [1.29, 1.82) is 0 Å². The van der Waals surface area contributed by atoms with Gasteiger partial charge in [-0.3, -0.25) is 0 Å². The zero-order valence-electron chi connectivity index (χ0n) is 12.3. The molecule has 1 unspecified atom stereocenters. The number of hydrogen-bond acceptors (Lipinski definition) is 6. The molecular formula is C13H17BrN6OS. The van der Waals surface area contributed by atoms with Gasteiger partial charge < -0.3 is 10.6 Å². The Balaban J connectivity index is 1.89. The fraction of sp³-hybridized carbons (Fsp3) is 0.462. The van der Waals surface area contributed by atoms with Crippen LogP contribution in [0.1, 0.15) is 31.4 Å². The summed E-state index contributed by atoms with van der Waals surface area (Å²) in [5.41, 5.74) is 1.76. The first-order valence-corrected chi connectivity index (χ1v) is 9.36. The third-order valence-corrected chi connectivity index (χ3v) is 4.58. The van der Waals surface area contributed by atoms with Gasteiger partial charge >= 0.3 is 0 Å². The number of rotatable bonds is 6. The van der Waals surface area contributed by atoms with E-state index < -0.39 is 11.0 Å². The van der Waals surface area contributed by atoms with E-state index in [-0.39, 0.29) is 0 Å². The summed E-state index contributed by atoms with van der Waals surface area (Å²) in [6, 6.07) is 0. The Morgan fingerprint density at radius 1 is 1.50 bits per heavy atom. The minimum Gasteiger partial charge on any atom is -0.369 e. The number of aromatic nitrogens is 4. The molecule has 0 saturated heterocycles. The summed E-state index contributed by atoms with van der Waals surface area (Å²) in [7, 11) is -1.17. The van der Waals surface area contributed by atoms with Crippen molar-refractivity contribution in [1.82, 2.24) is 19.2 Å². The van der Waals surface area contributed by atoms with E-state index in [2.05, 4.69) is 41.6 Å². The van der Waals surface area contributed by atoms with Crippen LogP contribution in [0.15, 0.2) is 16.9 Å². The molecule has 0 bridgehead atoms. The summed E-state index contributed by atoms with van der Waals surface area (Å²) in [5, 5.41) is 10.8. The Morgan fingerprint density at radius 2 is 2.27 bits per heavy atom. The first-order valence-electron chi connectivity index (χ1n) is 7.05. The van der Waals surface area contributed by atoms with E-state index >= 15 is 0 Å². The molecule has 2 aromatic rings. The van der Waals surface area contributed by atoms with Gasteiger partial charge in [-0.15, -0.1) is 0 Å². The standard InChI is InChI=1S/C13H17BrN6OS/c1-3-15-12-9(14)6-16-13(18-12)17-10-7-20(22(2)21)19-11(10)8-4-5-8/h6-8H,3-5H2,1-2H3,(H2,15,16,17,18). The molecule has 3 rings (SSSR count). The Morgan fingerprint density at radius 3 is 2.91 bits per heavy atom. The number of anilines is 3. The molecule has 2 heterocycles. The maximum Gasteiger partial charge on any atom is 0.229 e. The van der Waals surface area contributed by atoms with Crippen molar-refractivity contribution in [3.63, 3.8) is 0 Å². The number of nitrogens with zero attached hydrogens (tertiary/aromatic N) is 4. The van der Waals surface area contributed by atoms with E-state index in [1.807, 2.05) is 6.92 Å². The van der Waals surface area contributed by atoms with Crippen LogP contribution in [0.2, 0.25) is 0 Å². The molecule has 1 saturated carbocycles. The monoisotopic (exact) mass is 384 g/mol.